The van der Waals surface area contributed by atoms with Crippen molar-refractivity contribution in [2.75, 3.05) is 0 Å². The number of sulfone groups is 1. The standard InChI is InChI=1S/C10H8FN3O4S/c1-13-6-12-9(14(15)16)10(13)19(17,18)8-4-2-7(11)3-5-8/h2-6H,1H3. The van der Waals surface area contributed by atoms with Crippen molar-refractivity contribution >= 4 is 15.7 Å². The summed E-state index contributed by atoms with van der Waals surface area (Å²) < 4.78 is 38.4. The first-order chi connectivity index (χ1) is 8.84. The molecule has 0 amide bonds. The molecule has 0 saturated heterocycles. The van der Waals surface area contributed by atoms with Crippen molar-refractivity contribution in [2.24, 2.45) is 7.05 Å². The van der Waals surface area contributed by atoms with E-state index in [0.29, 0.717) is 0 Å². The van der Waals surface area contributed by atoms with Crippen LogP contribution in [0, 0.1) is 15.9 Å². The van der Waals surface area contributed by atoms with Crippen LogP contribution in [0.4, 0.5) is 10.2 Å². The van der Waals surface area contributed by atoms with Crippen LogP contribution in [-0.2, 0) is 16.9 Å². The first-order valence-electron chi connectivity index (χ1n) is 5.00. The number of nitrogens with zero attached hydrogens (tertiary/aromatic N) is 3. The van der Waals surface area contributed by atoms with Crippen LogP contribution >= 0.6 is 0 Å². The van der Waals surface area contributed by atoms with E-state index in [1.807, 2.05) is 0 Å². The number of hydrogen-bond acceptors (Lipinski definition) is 5. The second-order valence-electron chi connectivity index (χ2n) is 3.70. The summed E-state index contributed by atoms with van der Waals surface area (Å²) in [5.74, 6) is -1.36. The lowest BCUT2D eigenvalue weighted by Crippen LogP contribution is -2.09. The van der Waals surface area contributed by atoms with Crippen molar-refractivity contribution in [3.8, 4) is 0 Å². The molecule has 0 spiro atoms. The fourth-order valence-electron chi connectivity index (χ4n) is 1.57. The van der Waals surface area contributed by atoms with E-state index in [1.165, 1.54) is 7.05 Å². The molecule has 0 bridgehead atoms. The summed E-state index contributed by atoms with van der Waals surface area (Å²) in [7, 11) is -2.80. The maximum absolute atomic E-state index is 12.8. The van der Waals surface area contributed by atoms with E-state index >= 15 is 0 Å². The van der Waals surface area contributed by atoms with Gasteiger partial charge in [-0.2, -0.15) is 0 Å². The largest absolute Gasteiger partial charge is 0.401 e. The third-order valence-corrected chi connectivity index (χ3v) is 4.29. The molecule has 19 heavy (non-hydrogen) atoms. The van der Waals surface area contributed by atoms with Gasteiger partial charge in [-0.05, 0) is 34.2 Å². The normalized spacial score (nSPS) is 11.5. The van der Waals surface area contributed by atoms with Crippen LogP contribution in [0.15, 0.2) is 40.5 Å². The Kier molecular flexibility index (Phi) is 3.06. The second kappa shape index (κ2) is 4.43. The molecule has 2 aromatic rings. The molecular formula is C10H8FN3O4S. The second-order valence-corrected chi connectivity index (χ2v) is 5.56. The molecular weight excluding hydrogens is 277 g/mol. The Morgan fingerprint density at radius 3 is 2.42 bits per heavy atom. The molecule has 0 fully saturated rings. The molecule has 0 atom stereocenters. The van der Waals surface area contributed by atoms with Crippen molar-refractivity contribution in [3.63, 3.8) is 0 Å². The van der Waals surface area contributed by atoms with Crippen LogP contribution in [0.2, 0.25) is 0 Å². The lowest BCUT2D eigenvalue weighted by molar-refractivity contribution is -0.392. The third-order valence-electron chi connectivity index (χ3n) is 2.42. The number of aromatic nitrogens is 2. The zero-order chi connectivity index (χ0) is 14.2. The Labute approximate surface area is 107 Å². The number of hydrogen-bond donors (Lipinski definition) is 0. The monoisotopic (exact) mass is 285 g/mol. The number of benzene rings is 1. The van der Waals surface area contributed by atoms with Crippen LogP contribution in [-0.4, -0.2) is 22.9 Å². The quantitative estimate of drug-likeness (QED) is 0.481. The molecule has 100 valence electrons. The predicted octanol–water partition coefficient (Wildman–Crippen LogP) is 1.30. The molecule has 7 nitrogen and oxygen atoms in total. The number of rotatable bonds is 3. The lowest BCUT2D eigenvalue weighted by Gasteiger charge is -2.04. The highest BCUT2D eigenvalue weighted by Crippen LogP contribution is 2.27. The minimum Gasteiger partial charge on any atom is -0.358 e. The number of halogens is 1. The Morgan fingerprint density at radius 1 is 1.32 bits per heavy atom. The van der Waals surface area contributed by atoms with Gasteiger partial charge in [0.05, 0.1) is 4.90 Å². The highest BCUT2D eigenvalue weighted by molar-refractivity contribution is 7.91. The van der Waals surface area contributed by atoms with E-state index in [4.69, 9.17) is 0 Å². The van der Waals surface area contributed by atoms with Gasteiger partial charge in [-0.25, -0.2) is 12.8 Å². The molecule has 1 aromatic heterocycles. The molecule has 0 aliphatic carbocycles. The van der Waals surface area contributed by atoms with Crippen LogP contribution in [0.1, 0.15) is 0 Å². The number of nitro groups is 1. The predicted molar refractivity (Wildman–Crippen MR) is 61.7 cm³/mol. The van der Waals surface area contributed by atoms with Gasteiger partial charge < -0.3 is 10.1 Å². The average Bonchev–Trinajstić information content (AvgIpc) is 2.72. The third kappa shape index (κ3) is 2.19. The van der Waals surface area contributed by atoms with Crippen molar-refractivity contribution in [3.05, 3.63) is 46.5 Å². The number of imidazole rings is 1. The van der Waals surface area contributed by atoms with Gasteiger partial charge in [0, 0.05) is 7.05 Å². The van der Waals surface area contributed by atoms with Crippen LogP contribution < -0.4 is 0 Å². The maximum atomic E-state index is 12.8. The first kappa shape index (κ1) is 13.1. The maximum Gasteiger partial charge on any atom is 0.401 e. The molecule has 1 aromatic carbocycles. The van der Waals surface area contributed by atoms with E-state index in [1.54, 1.807) is 0 Å². The van der Waals surface area contributed by atoms with Crippen molar-refractivity contribution < 1.29 is 17.7 Å². The van der Waals surface area contributed by atoms with E-state index in [2.05, 4.69) is 4.98 Å². The van der Waals surface area contributed by atoms with Crippen LogP contribution in [0.3, 0.4) is 0 Å². The van der Waals surface area contributed by atoms with Crippen LogP contribution in [0.5, 0.6) is 0 Å². The minimum atomic E-state index is -4.13. The Balaban J connectivity index is 2.66. The molecule has 1 heterocycles. The SMILES string of the molecule is Cn1cnc([N+](=O)[O-])c1S(=O)(=O)c1ccc(F)cc1. The van der Waals surface area contributed by atoms with E-state index in [9.17, 15) is 22.9 Å². The molecule has 0 radical (unpaired) electrons. The fraction of sp³-hybridized carbons (Fsp3) is 0.100. The summed E-state index contributed by atoms with van der Waals surface area (Å²) in [6, 6.07) is 4.02. The fourth-order valence-corrected chi connectivity index (χ4v) is 3.08. The minimum absolute atomic E-state index is 0.236. The van der Waals surface area contributed by atoms with Crippen molar-refractivity contribution in [1.82, 2.24) is 9.55 Å². The summed E-state index contributed by atoms with van der Waals surface area (Å²) >= 11 is 0. The van der Waals surface area contributed by atoms with E-state index < -0.39 is 31.4 Å². The first-order valence-corrected chi connectivity index (χ1v) is 6.48. The lowest BCUT2D eigenvalue weighted by atomic mass is 10.4. The molecule has 0 aliphatic rings. The molecule has 2 rings (SSSR count). The molecule has 0 aliphatic heterocycles. The molecule has 0 saturated carbocycles. The highest BCUT2D eigenvalue weighted by Gasteiger charge is 2.33. The smallest absolute Gasteiger partial charge is 0.358 e. The average molecular weight is 285 g/mol. The van der Waals surface area contributed by atoms with Gasteiger partial charge in [-0.1, -0.05) is 0 Å². The summed E-state index contributed by atoms with van der Waals surface area (Å²) in [5, 5.41) is 10.2. The topological polar surface area (TPSA) is 95.1 Å². The summed E-state index contributed by atoms with van der Waals surface area (Å²) in [6.07, 6.45) is 1.04. The van der Waals surface area contributed by atoms with Crippen molar-refractivity contribution in [1.29, 1.82) is 0 Å². The Bertz CT molecular complexity index is 737. The van der Waals surface area contributed by atoms with Gasteiger partial charge >= 0.3 is 5.82 Å². The van der Waals surface area contributed by atoms with Crippen LogP contribution in [0.25, 0.3) is 0 Å². The zero-order valence-electron chi connectivity index (χ0n) is 9.65. The van der Waals surface area contributed by atoms with E-state index in [-0.39, 0.29) is 4.90 Å². The van der Waals surface area contributed by atoms with E-state index in [0.717, 1.165) is 35.2 Å². The number of aryl methyl sites for hydroxylation is 1. The summed E-state index contributed by atoms with van der Waals surface area (Å²) in [5.41, 5.74) is 0. The van der Waals surface area contributed by atoms with Gasteiger partial charge in [-0.3, -0.25) is 4.57 Å². The Hall–Kier alpha value is -2.29. The summed E-state index contributed by atoms with van der Waals surface area (Å²) in [4.78, 5) is 13.1. The van der Waals surface area contributed by atoms with Crippen molar-refractivity contribution in [2.45, 2.75) is 9.92 Å². The Morgan fingerprint density at radius 2 is 1.89 bits per heavy atom. The van der Waals surface area contributed by atoms with Gasteiger partial charge in [0.15, 0.2) is 0 Å². The molecule has 0 N–H and O–H groups in total. The van der Waals surface area contributed by atoms with Gasteiger partial charge in [-0.15, -0.1) is 0 Å². The molecule has 0 unspecified atom stereocenters. The van der Waals surface area contributed by atoms with Gasteiger partial charge in [0.25, 0.3) is 0 Å². The zero-order valence-corrected chi connectivity index (χ0v) is 10.5. The van der Waals surface area contributed by atoms with Gasteiger partial charge in [0.2, 0.25) is 21.2 Å². The highest BCUT2D eigenvalue weighted by atomic mass is 32.2. The summed E-state index contributed by atoms with van der Waals surface area (Å²) in [6.45, 7) is 0. The molecule has 9 heteroatoms. The van der Waals surface area contributed by atoms with Gasteiger partial charge in [0.1, 0.15) is 5.82 Å².